The van der Waals surface area contributed by atoms with Gasteiger partial charge in [-0.1, -0.05) is 25.3 Å². The average molecular weight is 438 g/mol. The minimum atomic E-state index is -1.40. The molecule has 1 N–H and O–H groups in total. The Hall–Kier alpha value is -3.22. The first kappa shape index (κ1) is 23.4. The second-order valence-electron chi connectivity index (χ2n) is 7.91. The maximum Gasteiger partial charge on any atom is 0.165 e. The largest absolute Gasteiger partial charge is 0.493 e. The Morgan fingerprint density at radius 1 is 0.938 bits per heavy atom. The zero-order valence-corrected chi connectivity index (χ0v) is 19.2. The van der Waals surface area contributed by atoms with Crippen LogP contribution in [0.5, 0.6) is 11.5 Å². The summed E-state index contributed by atoms with van der Waals surface area (Å²) in [5.74, 6) is 3.31. The van der Waals surface area contributed by atoms with Crippen molar-refractivity contribution in [2.24, 2.45) is 0 Å². The van der Waals surface area contributed by atoms with E-state index in [-0.39, 0.29) is 0 Å². The molecule has 3 aromatic rings. The fourth-order valence-electron chi connectivity index (χ4n) is 3.77. The fourth-order valence-corrected chi connectivity index (χ4v) is 3.77. The molecule has 0 spiro atoms. The molecule has 6 heteroatoms. The quantitative estimate of drug-likeness (QED) is 0.403. The SMILES string of the molecule is C=C(C)C(O)(C(=C)C)c1ccc(CN(Cc2ccco2)Cc2cccc(OC)c2OC)o1. The Balaban J connectivity index is 1.89. The van der Waals surface area contributed by atoms with Crippen molar-refractivity contribution in [2.45, 2.75) is 39.1 Å². The molecular formula is C26H31NO5. The Bertz CT molecular complexity index is 1050. The van der Waals surface area contributed by atoms with Crippen molar-refractivity contribution in [1.82, 2.24) is 4.90 Å². The number of ether oxygens (including phenoxy) is 2. The summed E-state index contributed by atoms with van der Waals surface area (Å²) in [7, 11) is 3.25. The summed E-state index contributed by atoms with van der Waals surface area (Å²) < 4.78 is 22.7. The Kier molecular flexibility index (Phi) is 7.28. The van der Waals surface area contributed by atoms with E-state index in [0.717, 1.165) is 11.3 Å². The molecule has 6 nitrogen and oxygen atoms in total. The van der Waals surface area contributed by atoms with E-state index < -0.39 is 5.60 Å². The molecule has 2 aromatic heterocycles. The highest BCUT2D eigenvalue weighted by molar-refractivity contribution is 5.46. The van der Waals surface area contributed by atoms with E-state index in [2.05, 4.69) is 18.1 Å². The molecule has 0 unspecified atom stereocenters. The summed E-state index contributed by atoms with van der Waals surface area (Å²) in [6.45, 7) is 13.0. The van der Waals surface area contributed by atoms with Crippen LogP contribution in [0.4, 0.5) is 0 Å². The number of para-hydroxylation sites is 1. The maximum atomic E-state index is 11.1. The van der Waals surface area contributed by atoms with Crippen LogP contribution in [0.3, 0.4) is 0 Å². The number of hydrogen-bond acceptors (Lipinski definition) is 6. The lowest BCUT2D eigenvalue weighted by atomic mass is 9.87. The van der Waals surface area contributed by atoms with Gasteiger partial charge in [0.2, 0.25) is 0 Å². The molecule has 170 valence electrons. The number of nitrogens with zero attached hydrogens (tertiary/aromatic N) is 1. The smallest absolute Gasteiger partial charge is 0.165 e. The topological polar surface area (TPSA) is 68.2 Å². The number of furan rings is 2. The van der Waals surface area contributed by atoms with Gasteiger partial charge in [-0.25, -0.2) is 0 Å². The van der Waals surface area contributed by atoms with Crippen LogP contribution in [0.25, 0.3) is 0 Å². The van der Waals surface area contributed by atoms with Crippen LogP contribution in [0, 0.1) is 0 Å². The summed E-state index contributed by atoms with van der Waals surface area (Å²) in [5.41, 5.74) is 0.685. The van der Waals surface area contributed by atoms with Crippen LogP contribution >= 0.6 is 0 Å². The predicted octanol–water partition coefficient (Wildman–Crippen LogP) is 5.43. The van der Waals surface area contributed by atoms with E-state index in [0.29, 0.717) is 53.8 Å². The van der Waals surface area contributed by atoms with Crippen LogP contribution in [-0.2, 0) is 25.2 Å². The molecule has 0 fully saturated rings. The van der Waals surface area contributed by atoms with Crippen molar-refractivity contribution in [3.63, 3.8) is 0 Å². The molecule has 0 atom stereocenters. The van der Waals surface area contributed by atoms with Gasteiger partial charge < -0.3 is 23.4 Å². The summed E-state index contributed by atoms with van der Waals surface area (Å²) >= 11 is 0. The summed E-state index contributed by atoms with van der Waals surface area (Å²) in [6.07, 6.45) is 1.66. The summed E-state index contributed by atoms with van der Waals surface area (Å²) in [6, 6.07) is 13.3. The van der Waals surface area contributed by atoms with Crippen molar-refractivity contribution in [1.29, 1.82) is 0 Å². The van der Waals surface area contributed by atoms with Gasteiger partial charge >= 0.3 is 0 Å². The third-order valence-corrected chi connectivity index (χ3v) is 5.47. The van der Waals surface area contributed by atoms with Crippen LogP contribution in [0.1, 0.15) is 36.7 Å². The van der Waals surface area contributed by atoms with Crippen molar-refractivity contribution in [3.8, 4) is 11.5 Å². The lowest BCUT2D eigenvalue weighted by molar-refractivity contribution is 0.0873. The molecular weight excluding hydrogens is 406 g/mol. The Labute approximate surface area is 189 Å². The van der Waals surface area contributed by atoms with Crippen molar-refractivity contribution >= 4 is 0 Å². The third kappa shape index (κ3) is 4.82. The van der Waals surface area contributed by atoms with Gasteiger partial charge in [-0.3, -0.25) is 4.90 Å². The van der Waals surface area contributed by atoms with Crippen molar-refractivity contribution in [3.05, 3.63) is 95.9 Å². The minimum Gasteiger partial charge on any atom is -0.493 e. The van der Waals surface area contributed by atoms with Gasteiger partial charge in [0.15, 0.2) is 17.1 Å². The molecule has 0 radical (unpaired) electrons. The molecule has 0 aliphatic rings. The van der Waals surface area contributed by atoms with Gasteiger partial charge in [-0.2, -0.15) is 0 Å². The standard InChI is InChI=1S/C26H31NO5/c1-18(2)26(28,19(3)4)24-13-12-22(32-24)17-27(16-21-10-8-14-31-21)15-20-9-7-11-23(29-5)25(20)30-6/h7-14,28H,1,3,15-17H2,2,4-6H3. The highest BCUT2D eigenvalue weighted by Crippen LogP contribution is 2.36. The molecule has 1 aromatic carbocycles. The van der Waals surface area contributed by atoms with Gasteiger partial charge in [0, 0.05) is 12.1 Å². The highest BCUT2D eigenvalue weighted by Gasteiger charge is 2.35. The predicted molar refractivity (Wildman–Crippen MR) is 123 cm³/mol. The second-order valence-corrected chi connectivity index (χ2v) is 7.91. The first-order valence-electron chi connectivity index (χ1n) is 10.4. The molecule has 0 saturated heterocycles. The van der Waals surface area contributed by atoms with Gasteiger partial charge in [-0.15, -0.1) is 0 Å². The van der Waals surface area contributed by atoms with E-state index in [9.17, 15) is 5.11 Å². The molecule has 0 aliphatic heterocycles. The molecule has 3 rings (SSSR count). The normalized spacial score (nSPS) is 11.6. The van der Waals surface area contributed by atoms with Gasteiger partial charge in [0.1, 0.15) is 17.3 Å². The van der Waals surface area contributed by atoms with E-state index >= 15 is 0 Å². The minimum absolute atomic E-state index is 0.407. The van der Waals surface area contributed by atoms with Crippen molar-refractivity contribution < 1.29 is 23.4 Å². The number of methoxy groups -OCH3 is 2. The fraction of sp³-hybridized carbons (Fsp3) is 0.308. The molecule has 2 heterocycles. The highest BCUT2D eigenvalue weighted by atomic mass is 16.5. The lowest BCUT2D eigenvalue weighted by Gasteiger charge is -2.27. The van der Waals surface area contributed by atoms with Crippen LogP contribution in [-0.4, -0.2) is 24.2 Å². The number of hydrogen-bond donors (Lipinski definition) is 1. The van der Waals surface area contributed by atoms with Crippen LogP contribution in [0.2, 0.25) is 0 Å². The first-order chi connectivity index (χ1) is 15.3. The summed E-state index contributed by atoms with van der Waals surface area (Å²) in [5, 5.41) is 11.1. The van der Waals surface area contributed by atoms with Gasteiger partial charge in [0.25, 0.3) is 0 Å². The van der Waals surface area contributed by atoms with Gasteiger partial charge in [0.05, 0.1) is 33.6 Å². The zero-order valence-electron chi connectivity index (χ0n) is 19.2. The Morgan fingerprint density at radius 2 is 1.66 bits per heavy atom. The van der Waals surface area contributed by atoms with Crippen LogP contribution < -0.4 is 9.47 Å². The molecule has 0 amide bonds. The van der Waals surface area contributed by atoms with Crippen molar-refractivity contribution in [2.75, 3.05) is 14.2 Å². The van der Waals surface area contributed by atoms with Crippen LogP contribution in [0.15, 0.2) is 81.9 Å². The van der Waals surface area contributed by atoms with E-state index in [1.165, 1.54) is 0 Å². The Morgan fingerprint density at radius 3 is 2.25 bits per heavy atom. The first-order valence-corrected chi connectivity index (χ1v) is 10.4. The lowest BCUT2D eigenvalue weighted by Crippen LogP contribution is -2.27. The average Bonchev–Trinajstić information content (AvgIpc) is 3.45. The third-order valence-electron chi connectivity index (χ3n) is 5.47. The van der Waals surface area contributed by atoms with E-state index in [1.54, 1.807) is 40.4 Å². The van der Waals surface area contributed by atoms with E-state index in [4.69, 9.17) is 18.3 Å². The van der Waals surface area contributed by atoms with Gasteiger partial charge in [-0.05, 0) is 55.3 Å². The number of benzene rings is 1. The molecule has 32 heavy (non-hydrogen) atoms. The number of rotatable bonds is 11. The zero-order chi connectivity index (χ0) is 23.3. The maximum absolute atomic E-state index is 11.1. The number of aliphatic hydroxyl groups is 1. The molecule has 0 bridgehead atoms. The second kappa shape index (κ2) is 9.94. The molecule has 0 aliphatic carbocycles. The monoisotopic (exact) mass is 437 g/mol. The molecule has 0 saturated carbocycles. The summed E-state index contributed by atoms with van der Waals surface area (Å²) in [4.78, 5) is 2.17. The van der Waals surface area contributed by atoms with E-state index in [1.807, 2.05) is 36.4 Å².